The van der Waals surface area contributed by atoms with Crippen molar-refractivity contribution in [2.75, 3.05) is 18.5 Å². The Bertz CT molecular complexity index is 364. The first-order valence-corrected chi connectivity index (χ1v) is 5.89. The Morgan fingerprint density at radius 2 is 2.53 bits per heavy atom. The lowest BCUT2D eigenvalue weighted by Gasteiger charge is -2.02. The molecular weight excluding hydrogens is 216 g/mol. The first kappa shape index (κ1) is 10.5. The molecule has 0 unspecified atom stereocenters. The molecular formula is C9H12N2O3S. The van der Waals surface area contributed by atoms with E-state index >= 15 is 0 Å². The second-order valence-corrected chi connectivity index (χ2v) is 4.10. The summed E-state index contributed by atoms with van der Waals surface area (Å²) in [5.74, 6) is 1.98. The monoisotopic (exact) mass is 228 g/mol. The SMILES string of the molecule is CCOCC(=O)Nc1onc2c1CSC2. The standard InChI is InChI=1S/C9H12N2O3S/c1-2-13-3-8(12)10-9-6-4-15-5-7(6)11-14-9/h2-5H2,1H3,(H,10,12). The molecule has 0 fully saturated rings. The van der Waals surface area contributed by atoms with Crippen molar-refractivity contribution in [3.8, 4) is 0 Å². The molecule has 1 N–H and O–H groups in total. The Labute approximate surface area is 91.5 Å². The fourth-order valence-electron chi connectivity index (χ4n) is 1.31. The Hall–Kier alpha value is -1.01. The van der Waals surface area contributed by atoms with E-state index in [0.717, 1.165) is 22.8 Å². The molecule has 15 heavy (non-hydrogen) atoms. The largest absolute Gasteiger partial charge is 0.372 e. The number of aromatic nitrogens is 1. The van der Waals surface area contributed by atoms with Crippen molar-refractivity contribution < 1.29 is 14.1 Å². The summed E-state index contributed by atoms with van der Waals surface area (Å²) in [5.41, 5.74) is 1.94. The summed E-state index contributed by atoms with van der Waals surface area (Å²) in [4.78, 5) is 11.3. The van der Waals surface area contributed by atoms with Crippen LogP contribution in [0.15, 0.2) is 4.52 Å². The number of hydrogen-bond acceptors (Lipinski definition) is 5. The molecule has 1 amide bonds. The van der Waals surface area contributed by atoms with Crippen LogP contribution in [0.3, 0.4) is 0 Å². The molecule has 0 saturated heterocycles. The highest BCUT2D eigenvalue weighted by atomic mass is 32.2. The molecule has 1 aromatic heterocycles. The molecule has 82 valence electrons. The van der Waals surface area contributed by atoms with E-state index in [1.165, 1.54) is 0 Å². The van der Waals surface area contributed by atoms with Gasteiger partial charge in [0.15, 0.2) is 0 Å². The minimum absolute atomic E-state index is 0.0547. The summed E-state index contributed by atoms with van der Waals surface area (Å²) in [6.07, 6.45) is 0. The molecule has 0 saturated carbocycles. The third-order valence-corrected chi connectivity index (χ3v) is 3.02. The van der Waals surface area contributed by atoms with Gasteiger partial charge in [-0.1, -0.05) is 5.16 Å². The van der Waals surface area contributed by atoms with E-state index in [0.29, 0.717) is 12.5 Å². The molecule has 0 bridgehead atoms. The highest BCUT2D eigenvalue weighted by molar-refractivity contribution is 7.98. The van der Waals surface area contributed by atoms with Crippen LogP contribution in [-0.2, 0) is 21.0 Å². The highest BCUT2D eigenvalue weighted by Crippen LogP contribution is 2.34. The number of fused-ring (bicyclic) bond motifs is 1. The first-order chi connectivity index (χ1) is 7.31. The quantitative estimate of drug-likeness (QED) is 0.843. The van der Waals surface area contributed by atoms with Crippen LogP contribution < -0.4 is 5.32 Å². The number of carbonyl (C=O) groups excluding carboxylic acids is 1. The predicted octanol–water partition coefficient (Wildman–Crippen LogP) is 1.40. The van der Waals surface area contributed by atoms with Gasteiger partial charge >= 0.3 is 0 Å². The van der Waals surface area contributed by atoms with Gasteiger partial charge in [-0.3, -0.25) is 10.1 Å². The number of hydrogen-bond donors (Lipinski definition) is 1. The van der Waals surface area contributed by atoms with Gasteiger partial charge in [-0.25, -0.2) is 0 Å². The third kappa shape index (κ3) is 2.32. The van der Waals surface area contributed by atoms with Crippen molar-refractivity contribution in [2.24, 2.45) is 0 Å². The van der Waals surface area contributed by atoms with Gasteiger partial charge in [-0.15, -0.1) is 0 Å². The fraction of sp³-hybridized carbons (Fsp3) is 0.556. The lowest BCUT2D eigenvalue weighted by Crippen LogP contribution is -2.18. The number of nitrogens with one attached hydrogen (secondary N) is 1. The molecule has 1 aromatic rings. The number of amides is 1. The van der Waals surface area contributed by atoms with Gasteiger partial charge in [0.05, 0.1) is 11.3 Å². The van der Waals surface area contributed by atoms with Crippen LogP contribution in [0.4, 0.5) is 5.88 Å². The van der Waals surface area contributed by atoms with Gasteiger partial charge in [0, 0.05) is 18.1 Å². The summed E-state index contributed by atoms with van der Waals surface area (Å²) in [7, 11) is 0. The molecule has 0 aromatic carbocycles. The Morgan fingerprint density at radius 3 is 3.33 bits per heavy atom. The Balaban J connectivity index is 1.96. The van der Waals surface area contributed by atoms with Crippen molar-refractivity contribution >= 4 is 23.6 Å². The predicted molar refractivity (Wildman–Crippen MR) is 56.6 cm³/mol. The molecule has 6 heteroatoms. The average Bonchev–Trinajstić information content (AvgIpc) is 2.80. The van der Waals surface area contributed by atoms with Gasteiger partial charge < -0.3 is 9.26 Å². The summed E-state index contributed by atoms with van der Waals surface area (Å²) < 4.78 is 10.0. The molecule has 2 heterocycles. The summed E-state index contributed by atoms with van der Waals surface area (Å²) >= 11 is 1.76. The Morgan fingerprint density at radius 1 is 1.67 bits per heavy atom. The maximum Gasteiger partial charge on any atom is 0.252 e. The fourth-order valence-corrected chi connectivity index (χ4v) is 2.33. The number of anilines is 1. The minimum Gasteiger partial charge on any atom is -0.372 e. The van der Waals surface area contributed by atoms with Crippen molar-refractivity contribution in [3.05, 3.63) is 11.3 Å². The number of ether oxygens (including phenoxy) is 1. The minimum atomic E-state index is -0.201. The lowest BCUT2D eigenvalue weighted by atomic mass is 10.3. The zero-order valence-corrected chi connectivity index (χ0v) is 9.23. The normalized spacial score (nSPS) is 13.9. The second-order valence-electron chi connectivity index (χ2n) is 3.12. The molecule has 0 atom stereocenters. The van der Waals surface area contributed by atoms with Gasteiger partial charge in [-0.2, -0.15) is 11.8 Å². The van der Waals surface area contributed by atoms with Crippen LogP contribution in [0.1, 0.15) is 18.2 Å². The maximum absolute atomic E-state index is 11.3. The van der Waals surface area contributed by atoms with E-state index in [9.17, 15) is 4.79 Å². The third-order valence-electron chi connectivity index (χ3n) is 2.04. The van der Waals surface area contributed by atoms with Crippen LogP contribution in [0.25, 0.3) is 0 Å². The van der Waals surface area contributed by atoms with E-state index in [-0.39, 0.29) is 12.5 Å². The van der Waals surface area contributed by atoms with E-state index in [1.807, 2.05) is 6.92 Å². The molecule has 0 spiro atoms. The molecule has 0 aliphatic carbocycles. The molecule has 5 nitrogen and oxygen atoms in total. The smallest absolute Gasteiger partial charge is 0.252 e. The zero-order valence-electron chi connectivity index (χ0n) is 8.41. The van der Waals surface area contributed by atoms with Crippen molar-refractivity contribution in [2.45, 2.75) is 18.4 Å². The van der Waals surface area contributed by atoms with Crippen LogP contribution in [0.5, 0.6) is 0 Å². The van der Waals surface area contributed by atoms with E-state index in [2.05, 4.69) is 10.5 Å². The van der Waals surface area contributed by atoms with Gasteiger partial charge in [0.25, 0.3) is 5.91 Å². The number of nitrogens with zero attached hydrogens (tertiary/aromatic N) is 1. The topological polar surface area (TPSA) is 64.4 Å². The van der Waals surface area contributed by atoms with E-state index in [4.69, 9.17) is 9.26 Å². The summed E-state index contributed by atoms with van der Waals surface area (Å²) in [6.45, 7) is 2.42. The molecule has 1 aliphatic heterocycles. The lowest BCUT2D eigenvalue weighted by molar-refractivity contribution is -0.120. The van der Waals surface area contributed by atoms with Crippen LogP contribution in [0.2, 0.25) is 0 Å². The molecule has 2 rings (SSSR count). The van der Waals surface area contributed by atoms with Crippen LogP contribution in [0, 0.1) is 0 Å². The van der Waals surface area contributed by atoms with Gasteiger partial charge in [0.1, 0.15) is 6.61 Å². The summed E-state index contributed by atoms with van der Waals surface area (Å²) in [5, 5.41) is 6.53. The van der Waals surface area contributed by atoms with Crippen molar-refractivity contribution in [3.63, 3.8) is 0 Å². The number of thioether (sulfide) groups is 1. The van der Waals surface area contributed by atoms with E-state index < -0.39 is 0 Å². The average molecular weight is 228 g/mol. The summed E-state index contributed by atoms with van der Waals surface area (Å²) in [6, 6.07) is 0. The van der Waals surface area contributed by atoms with Gasteiger partial charge in [-0.05, 0) is 6.92 Å². The van der Waals surface area contributed by atoms with Crippen molar-refractivity contribution in [1.29, 1.82) is 0 Å². The highest BCUT2D eigenvalue weighted by Gasteiger charge is 2.22. The maximum atomic E-state index is 11.3. The molecule has 1 aliphatic rings. The first-order valence-electron chi connectivity index (χ1n) is 4.74. The van der Waals surface area contributed by atoms with E-state index in [1.54, 1.807) is 11.8 Å². The van der Waals surface area contributed by atoms with Gasteiger partial charge in [0.2, 0.25) is 5.88 Å². The second kappa shape index (κ2) is 4.67. The zero-order chi connectivity index (χ0) is 10.7. The van der Waals surface area contributed by atoms with Crippen LogP contribution in [-0.4, -0.2) is 24.3 Å². The van der Waals surface area contributed by atoms with Crippen LogP contribution >= 0.6 is 11.8 Å². The number of carbonyl (C=O) groups is 1. The Kier molecular flexibility index (Phi) is 3.27. The number of rotatable bonds is 4. The molecule has 0 radical (unpaired) electrons. The van der Waals surface area contributed by atoms with Crippen molar-refractivity contribution in [1.82, 2.24) is 5.16 Å².